The highest BCUT2D eigenvalue weighted by molar-refractivity contribution is 5.33. The van der Waals surface area contributed by atoms with Crippen LogP contribution in [0.2, 0.25) is 0 Å². The first kappa shape index (κ1) is 36.6. The summed E-state index contributed by atoms with van der Waals surface area (Å²) in [6.07, 6.45) is 6.82. The molecule has 0 bridgehead atoms. The molecular weight excluding hydrogens is 632 g/mol. The smallest absolute Gasteiger partial charge is 0.170 e. The Morgan fingerprint density at radius 1 is 0.960 bits per heavy atom. The molecule has 3 aliphatic heterocycles. The molecule has 5 aliphatic carbocycles. The van der Waals surface area contributed by atoms with Crippen molar-refractivity contribution in [2.45, 2.75) is 142 Å². The van der Waals surface area contributed by atoms with Gasteiger partial charge in [-0.3, -0.25) is 4.90 Å². The van der Waals surface area contributed by atoms with Gasteiger partial charge in [-0.2, -0.15) is 0 Å². The number of hydrogen-bond acceptors (Lipinski definition) is 9. The summed E-state index contributed by atoms with van der Waals surface area (Å²) < 4.78 is 25.3. The predicted octanol–water partition coefficient (Wildman–Crippen LogP) is 4.55. The minimum absolute atomic E-state index is 0.0184. The Labute approximate surface area is 302 Å². The van der Waals surface area contributed by atoms with Crippen LogP contribution >= 0.6 is 0 Å². The van der Waals surface area contributed by atoms with Crippen molar-refractivity contribution in [2.75, 3.05) is 59.6 Å². The van der Waals surface area contributed by atoms with Crippen LogP contribution in [0.25, 0.3) is 0 Å². The van der Waals surface area contributed by atoms with E-state index in [1.807, 2.05) is 0 Å². The number of methoxy groups -OCH3 is 1. The monoisotopic (exact) mass is 703 g/mol. The lowest BCUT2D eigenvalue weighted by Gasteiger charge is -2.64. The van der Waals surface area contributed by atoms with E-state index in [4.69, 9.17) is 18.9 Å². The van der Waals surface area contributed by atoms with E-state index in [1.165, 1.54) is 38.8 Å². The Bertz CT molecular complexity index is 1270. The average molecular weight is 703 g/mol. The van der Waals surface area contributed by atoms with Gasteiger partial charge in [0.2, 0.25) is 0 Å². The zero-order valence-electron chi connectivity index (χ0n) is 32.5. The van der Waals surface area contributed by atoms with Crippen molar-refractivity contribution in [3.05, 3.63) is 0 Å². The van der Waals surface area contributed by atoms with Gasteiger partial charge in [0.1, 0.15) is 6.10 Å². The average Bonchev–Trinajstić information content (AvgIpc) is 3.67. The lowest BCUT2D eigenvalue weighted by atomic mass is 9.41. The molecule has 3 saturated heterocycles. The first-order valence-corrected chi connectivity index (χ1v) is 20.5. The van der Waals surface area contributed by atoms with E-state index < -0.39 is 23.9 Å². The van der Waals surface area contributed by atoms with Crippen LogP contribution in [0, 0.1) is 56.7 Å². The lowest BCUT2D eigenvalue weighted by Crippen LogP contribution is -2.60. The fourth-order valence-electron chi connectivity index (χ4n) is 14.9. The summed E-state index contributed by atoms with van der Waals surface area (Å²) in [5.74, 6) is 2.39. The first-order valence-electron chi connectivity index (χ1n) is 20.5. The largest absolute Gasteiger partial charge is 0.390 e. The molecule has 0 aromatic carbocycles. The van der Waals surface area contributed by atoms with Crippen LogP contribution in [0.5, 0.6) is 0 Å². The minimum Gasteiger partial charge on any atom is -0.390 e. The van der Waals surface area contributed by atoms with Crippen LogP contribution < -0.4 is 0 Å². The molecule has 0 radical (unpaired) electrons. The maximum atomic E-state index is 12.5. The molecule has 3 heterocycles. The van der Waals surface area contributed by atoms with Crippen molar-refractivity contribution in [1.82, 2.24) is 9.80 Å². The van der Waals surface area contributed by atoms with Crippen LogP contribution in [-0.4, -0.2) is 127 Å². The molecule has 9 nitrogen and oxygen atoms in total. The van der Waals surface area contributed by atoms with Crippen molar-refractivity contribution in [1.29, 1.82) is 0 Å². The molecular formula is C41H70N2O7. The first-order chi connectivity index (χ1) is 23.5. The van der Waals surface area contributed by atoms with E-state index in [0.717, 1.165) is 71.0 Å². The zero-order valence-corrected chi connectivity index (χ0v) is 32.5. The summed E-state index contributed by atoms with van der Waals surface area (Å²) in [4.78, 5) is 5.07. The summed E-state index contributed by atoms with van der Waals surface area (Å²) in [6.45, 7) is 23.5. The number of nitrogens with zero attached hydrogens (tertiary/aromatic N) is 2. The molecule has 8 fully saturated rings. The van der Waals surface area contributed by atoms with Crippen molar-refractivity contribution in [3.8, 4) is 0 Å². The summed E-state index contributed by atoms with van der Waals surface area (Å²) in [6, 6.07) is 0. The number of likely N-dealkylation sites (tertiary alicyclic amines) is 1. The molecule has 8 aliphatic rings. The summed E-state index contributed by atoms with van der Waals surface area (Å²) in [5.41, 5.74) is -0.817. The van der Waals surface area contributed by atoms with Gasteiger partial charge in [-0.25, -0.2) is 0 Å². The third-order valence-electron chi connectivity index (χ3n) is 17.4. The van der Waals surface area contributed by atoms with Gasteiger partial charge >= 0.3 is 0 Å². The second kappa shape index (κ2) is 12.3. The maximum absolute atomic E-state index is 12.5. The molecule has 0 aromatic heterocycles. The Kier molecular flexibility index (Phi) is 9.02. The van der Waals surface area contributed by atoms with Crippen LogP contribution in [-0.2, 0) is 18.9 Å². The number of aliphatic hydroxyl groups excluding tert-OH is 2. The molecule has 3 N–H and O–H groups in total. The Balaban J connectivity index is 0.951. The predicted molar refractivity (Wildman–Crippen MR) is 191 cm³/mol. The molecule has 14 atom stereocenters. The van der Waals surface area contributed by atoms with Gasteiger partial charge in [-0.1, -0.05) is 34.6 Å². The summed E-state index contributed by atoms with van der Waals surface area (Å²) >= 11 is 0. The number of hydrogen-bond donors (Lipinski definition) is 3. The Hall–Kier alpha value is -0.360. The van der Waals surface area contributed by atoms with Gasteiger partial charge in [0, 0.05) is 51.8 Å². The van der Waals surface area contributed by atoms with Crippen LogP contribution in [0.1, 0.15) is 99.8 Å². The minimum atomic E-state index is -1.25. The van der Waals surface area contributed by atoms with Crippen LogP contribution in [0.3, 0.4) is 0 Å². The van der Waals surface area contributed by atoms with Crippen molar-refractivity contribution in [2.24, 2.45) is 56.7 Å². The van der Waals surface area contributed by atoms with Gasteiger partial charge in [0.25, 0.3) is 0 Å². The molecule has 9 heteroatoms. The highest BCUT2D eigenvalue weighted by Gasteiger charge is 2.84. The number of fused-ring (bicyclic) bond motifs is 4. The Morgan fingerprint density at radius 2 is 1.68 bits per heavy atom. The van der Waals surface area contributed by atoms with Crippen LogP contribution in [0.15, 0.2) is 0 Å². The van der Waals surface area contributed by atoms with Gasteiger partial charge in [-0.15, -0.1) is 0 Å². The quantitative estimate of drug-likeness (QED) is 0.319. The maximum Gasteiger partial charge on any atom is 0.170 e. The number of aliphatic hydroxyl groups is 3. The summed E-state index contributed by atoms with van der Waals surface area (Å²) in [5, 5.41) is 34.2. The molecule has 50 heavy (non-hydrogen) atoms. The fraction of sp³-hybridized carbons (Fsp3) is 1.00. The second-order valence-electron chi connectivity index (χ2n) is 20.5. The van der Waals surface area contributed by atoms with Gasteiger partial charge in [0.05, 0.1) is 43.2 Å². The normalized spacial score (nSPS) is 51.1. The molecule has 0 aromatic rings. The standard InChI is InChI=1S/C41H70N2O7/c1-25-19-27(34(44)37(4,5)46)49-33-32(25)38(6)13-14-41-24-40(41)12-11-30(36(2,3)28(40)9-10-29(41)39(38,7)35(33)45)50-31-23-43(16-18-48-31)22-26-20-42(21-26)15-17-47-8/h25-35,44-46H,9-24H2,1-8H3/t25-,27-,28+,29+,30+,31+,32+,33+,34+,35+,38-,39-,40?,41+/m1/s1. The van der Waals surface area contributed by atoms with Crippen molar-refractivity contribution in [3.63, 3.8) is 0 Å². The van der Waals surface area contributed by atoms with Crippen molar-refractivity contribution >= 4 is 0 Å². The Morgan fingerprint density at radius 3 is 2.40 bits per heavy atom. The fourth-order valence-corrected chi connectivity index (χ4v) is 14.9. The van der Waals surface area contributed by atoms with Crippen LogP contribution in [0.4, 0.5) is 0 Å². The highest BCUT2D eigenvalue weighted by atomic mass is 16.7. The molecule has 8 rings (SSSR count). The zero-order chi connectivity index (χ0) is 35.6. The van der Waals surface area contributed by atoms with E-state index in [2.05, 4.69) is 44.4 Å². The number of rotatable bonds is 9. The number of ether oxygens (including phenoxy) is 4. The van der Waals surface area contributed by atoms with E-state index in [0.29, 0.717) is 23.2 Å². The second-order valence-corrected chi connectivity index (χ2v) is 20.5. The van der Waals surface area contributed by atoms with Crippen molar-refractivity contribution < 1.29 is 34.3 Å². The SMILES string of the molecule is COCCN1CC(CN2CCO[C@@H](O[C@H]3CCC45C[C@]46CC[C@]4(C)[C@@H]7[C@H](O[C@@H]([C@H](O)C(C)(C)O)C[C@H]7C)[C@H](O)[C@@]4(C)[C@@H]6CC[C@H]5C3(C)C)C2)C1. The molecule has 5 saturated carbocycles. The lowest BCUT2D eigenvalue weighted by molar-refractivity contribution is -0.249. The topological polar surface area (TPSA) is 104 Å². The summed E-state index contributed by atoms with van der Waals surface area (Å²) in [7, 11) is 1.78. The third-order valence-corrected chi connectivity index (χ3v) is 17.4. The molecule has 286 valence electrons. The van der Waals surface area contributed by atoms with Gasteiger partial charge in [0.15, 0.2) is 6.29 Å². The van der Waals surface area contributed by atoms with E-state index in [9.17, 15) is 15.3 Å². The van der Waals surface area contributed by atoms with E-state index in [1.54, 1.807) is 21.0 Å². The number of morpholine rings is 1. The molecule has 2 spiro atoms. The van der Waals surface area contributed by atoms with Gasteiger partial charge < -0.3 is 39.2 Å². The highest BCUT2D eigenvalue weighted by Crippen LogP contribution is 2.89. The molecule has 1 unspecified atom stereocenters. The molecule has 0 amide bonds. The van der Waals surface area contributed by atoms with E-state index in [-0.39, 0.29) is 46.1 Å². The third kappa shape index (κ3) is 5.17. The van der Waals surface area contributed by atoms with E-state index >= 15 is 0 Å². The van der Waals surface area contributed by atoms with Gasteiger partial charge in [-0.05, 0) is 116 Å².